The maximum absolute atomic E-state index is 12.4. The molecule has 0 saturated carbocycles. The highest BCUT2D eigenvalue weighted by Crippen LogP contribution is 2.25. The third kappa shape index (κ3) is 5.09. The topological polar surface area (TPSA) is 122 Å². The second kappa shape index (κ2) is 7.93. The highest BCUT2D eigenvalue weighted by molar-refractivity contribution is 5.75. The van der Waals surface area contributed by atoms with E-state index in [0.717, 1.165) is 5.56 Å². The van der Waals surface area contributed by atoms with Crippen LogP contribution in [0.1, 0.15) is 30.4 Å². The molecule has 0 aliphatic carbocycles. The molecule has 1 amide bonds. The van der Waals surface area contributed by atoms with Crippen LogP contribution in [-0.4, -0.2) is 36.2 Å². The van der Waals surface area contributed by atoms with Crippen molar-refractivity contribution < 1.29 is 22.5 Å². The molecule has 9 nitrogen and oxygen atoms in total. The molecule has 3 heterocycles. The minimum atomic E-state index is -4.63. The Kier molecular flexibility index (Phi) is 5.43. The molecular weight excluding hydrogens is 367 g/mol. The summed E-state index contributed by atoms with van der Waals surface area (Å²) in [5.74, 6) is -0.895. The van der Waals surface area contributed by atoms with Crippen LogP contribution >= 0.6 is 0 Å². The number of carbonyl (C=O) groups is 1. The van der Waals surface area contributed by atoms with Crippen LogP contribution in [0.4, 0.5) is 13.2 Å². The molecule has 0 bridgehead atoms. The Morgan fingerprint density at radius 2 is 2.15 bits per heavy atom. The van der Waals surface area contributed by atoms with Crippen LogP contribution in [0.15, 0.2) is 29.0 Å². The summed E-state index contributed by atoms with van der Waals surface area (Å²) in [5.41, 5.74) is 0.718. The standard InChI is InChI=1S/C15H14F3N7O2/c16-15(17,18)14-21-10(23-24-14)8-20-11(26)4-1-5-12-22-13(25-27-12)9-3-2-6-19-7-9/h2-3,6-7H,1,4-5,8H2,(H,20,26)(H,21,23,24). The number of amides is 1. The summed E-state index contributed by atoms with van der Waals surface area (Å²) in [4.78, 5) is 23.2. The summed E-state index contributed by atoms with van der Waals surface area (Å²) in [6.07, 6.45) is -0.421. The number of H-pyrrole nitrogens is 1. The maximum atomic E-state index is 12.4. The number of halogens is 3. The van der Waals surface area contributed by atoms with E-state index in [1.54, 1.807) is 24.5 Å². The van der Waals surface area contributed by atoms with Crippen LogP contribution in [0.3, 0.4) is 0 Å². The van der Waals surface area contributed by atoms with Crippen LogP contribution in [0.2, 0.25) is 0 Å². The zero-order valence-electron chi connectivity index (χ0n) is 13.8. The van der Waals surface area contributed by atoms with Gasteiger partial charge in [0, 0.05) is 30.8 Å². The third-order valence-electron chi connectivity index (χ3n) is 3.42. The normalized spacial score (nSPS) is 11.5. The molecule has 3 aromatic heterocycles. The van der Waals surface area contributed by atoms with Gasteiger partial charge in [0.25, 0.3) is 5.82 Å². The summed E-state index contributed by atoms with van der Waals surface area (Å²) in [6, 6.07) is 3.55. The van der Waals surface area contributed by atoms with Crippen molar-refractivity contribution in [3.63, 3.8) is 0 Å². The van der Waals surface area contributed by atoms with Gasteiger partial charge in [-0.05, 0) is 18.6 Å². The van der Waals surface area contributed by atoms with Crippen molar-refractivity contribution in [2.24, 2.45) is 0 Å². The lowest BCUT2D eigenvalue weighted by Crippen LogP contribution is -2.23. The zero-order chi connectivity index (χ0) is 19.3. The van der Waals surface area contributed by atoms with Gasteiger partial charge in [0.05, 0.1) is 6.54 Å². The van der Waals surface area contributed by atoms with Crippen molar-refractivity contribution in [2.45, 2.75) is 32.0 Å². The van der Waals surface area contributed by atoms with Gasteiger partial charge in [-0.15, -0.1) is 5.10 Å². The van der Waals surface area contributed by atoms with E-state index in [4.69, 9.17) is 4.52 Å². The lowest BCUT2D eigenvalue weighted by molar-refractivity contribution is -0.144. The first-order chi connectivity index (χ1) is 12.9. The number of rotatable bonds is 7. The molecule has 0 saturated heterocycles. The Bertz CT molecular complexity index is 892. The molecule has 0 aliphatic rings. The highest BCUT2D eigenvalue weighted by atomic mass is 19.4. The van der Waals surface area contributed by atoms with Gasteiger partial charge in [-0.2, -0.15) is 18.2 Å². The minimum Gasteiger partial charge on any atom is -0.349 e. The van der Waals surface area contributed by atoms with Crippen LogP contribution in [-0.2, 0) is 23.9 Å². The summed E-state index contributed by atoms with van der Waals surface area (Å²) in [7, 11) is 0. The summed E-state index contributed by atoms with van der Waals surface area (Å²) in [5, 5.41) is 11.5. The number of hydrogen-bond acceptors (Lipinski definition) is 7. The first kappa shape index (κ1) is 18.5. The Balaban J connectivity index is 1.41. The van der Waals surface area contributed by atoms with Crippen LogP contribution in [0, 0.1) is 0 Å². The van der Waals surface area contributed by atoms with E-state index in [9.17, 15) is 18.0 Å². The number of nitrogens with one attached hydrogen (secondary N) is 2. The second-order valence-electron chi connectivity index (χ2n) is 5.49. The fourth-order valence-corrected chi connectivity index (χ4v) is 2.14. The first-order valence-corrected chi connectivity index (χ1v) is 7.90. The zero-order valence-corrected chi connectivity index (χ0v) is 13.8. The summed E-state index contributed by atoms with van der Waals surface area (Å²) < 4.78 is 42.3. The average Bonchev–Trinajstić information content (AvgIpc) is 3.30. The smallest absolute Gasteiger partial charge is 0.349 e. The molecule has 3 aromatic rings. The molecule has 0 spiro atoms. The third-order valence-corrected chi connectivity index (χ3v) is 3.42. The predicted octanol–water partition coefficient (Wildman–Crippen LogP) is 1.91. The van der Waals surface area contributed by atoms with Crippen molar-refractivity contribution >= 4 is 5.91 Å². The van der Waals surface area contributed by atoms with Crippen molar-refractivity contribution in [2.75, 3.05) is 0 Å². The Morgan fingerprint density at radius 1 is 1.30 bits per heavy atom. The van der Waals surface area contributed by atoms with Crippen LogP contribution < -0.4 is 5.32 Å². The fourth-order valence-electron chi connectivity index (χ4n) is 2.14. The number of alkyl halides is 3. The molecular formula is C15H14F3N7O2. The molecule has 12 heteroatoms. The quantitative estimate of drug-likeness (QED) is 0.641. The number of aromatic amines is 1. The Labute approximate surface area is 150 Å². The molecule has 27 heavy (non-hydrogen) atoms. The highest BCUT2D eigenvalue weighted by Gasteiger charge is 2.35. The molecule has 3 rings (SSSR count). The number of hydrogen-bond donors (Lipinski definition) is 2. The minimum absolute atomic E-state index is 0.0753. The van der Waals surface area contributed by atoms with Gasteiger partial charge in [-0.1, -0.05) is 5.16 Å². The van der Waals surface area contributed by atoms with E-state index >= 15 is 0 Å². The van der Waals surface area contributed by atoms with Gasteiger partial charge in [0.2, 0.25) is 17.6 Å². The van der Waals surface area contributed by atoms with E-state index in [-0.39, 0.29) is 24.7 Å². The van der Waals surface area contributed by atoms with Gasteiger partial charge in [0.15, 0.2) is 0 Å². The molecule has 0 unspecified atom stereocenters. The molecule has 0 aliphatic heterocycles. The first-order valence-electron chi connectivity index (χ1n) is 7.90. The fraction of sp³-hybridized carbons (Fsp3) is 0.333. The van der Waals surface area contributed by atoms with Crippen molar-refractivity contribution in [3.05, 3.63) is 42.1 Å². The summed E-state index contributed by atoms with van der Waals surface area (Å²) in [6.45, 7) is -0.173. The number of pyridine rings is 1. The van der Waals surface area contributed by atoms with E-state index in [1.165, 1.54) is 0 Å². The van der Waals surface area contributed by atoms with Crippen molar-refractivity contribution in [3.8, 4) is 11.4 Å². The van der Waals surface area contributed by atoms with Gasteiger partial charge in [0.1, 0.15) is 5.82 Å². The van der Waals surface area contributed by atoms with Crippen LogP contribution in [0.25, 0.3) is 11.4 Å². The van der Waals surface area contributed by atoms with Gasteiger partial charge >= 0.3 is 6.18 Å². The summed E-state index contributed by atoms with van der Waals surface area (Å²) >= 11 is 0. The molecule has 0 fully saturated rings. The van der Waals surface area contributed by atoms with E-state index in [2.05, 4.69) is 35.6 Å². The largest absolute Gasteiger partial charge is 0.453 e. The maximum Gasteiger partial charge on any atom is 0.453 e. The average molecular weight is 381 g/mol. The van der Waals surface area contributed by atoms with E-state index in [1.807, 2.05) is 0 Å². The van der Waals surface area contributed by atoms with Gasteiger partial charge < -0.3 is 9.84 Å². The monoisotopic (exact) mass is 381 g/mol. The van der Waals surface area contributed by atoms with Gasteiger partial charge in [-0.3, -0.25) is 14.9 Å². The molecule has 0 radical (unpaired) electrons. The lowest BCUT2D eigenvalue weighted by atomic mass is 10.2. The Hall–Kier alpha value is -3.31. The van der Waals surface area contributed by atoms with Crippen molar-refractivity contribution in [1.29, 1.82) is 0 Å². The SMILES string of the molecule is O=C(CCCc1nc(-c2cccnc2)no1)NCc1nc(C(F)(F)F)n[nH]1. The van der Waals surface area contributed by atoms with Gasteiger partial charge in [-0.25, -0.2) is 4.98 Å². The molecule has 2 N–H and O–H groups in total. The number of nitrogens with zero attached hydrogens (tertiary/aromatic N) is 5. The van der Waals surface area contributed by atoms with Crippen molar-refractivity contribution in [1.82, 2.24) is 35.6 Å². The van der Waals surface area contributed by atoms with Crippen LogP contribution in [0.5, 0.6) is 0 Å². The molecule has 142 valence electrons. The lowest BCUT2D eigenvalue weighted by Gasteiger charge is -2.02. The predicted molar refractivity (Wildman–Crippen MR) is 83.7 cm³/mol. The number of carbonyl (C=O) groups excluding carboxylic acids is 1. The Morgan fingerprint density at radius 3 is 2.85 bits per heavy atom. The number of aryl methyl sites for hydroxylation is 1. The molecule has 0 aromatic carbocycles. The number of aromatic nitrogens is 6. The second-order valence-corrected chi connectivity index (χ2v) is 5.49. The molecule has 0 atom stereocenters. The van der Waals surface area contributed by atoms with E-state index in [0.29, 0.717) is 24.6 Å². The van der Waals surface area contributed by atoms with E-state index < -0.39 is 12.0 Å².